The molecule has 1 atom stereocenters. The lowest BCUT2D eigenvalue weighted by Gasteiger charge is -2.37. The number of hydrogen-bond acceptors (Lipinski definition) is 5. The van der Waals surface area contributed by atoms with Crippen LogP contribution in [-0.4, -0.2) is 62.6 Å². The third kappa shape index (κ3) is 5.84. The molecule has 1 saturated heterocycles. The fourth-order valence-electron chi connectivity index (χ4n) is 3.31. The first-order valence-electron chi connectivity index (χ1n) is 9.26. The summed E-state index contributed by atoms with van der Waals surface area (Å²) in [4.78, 5) is 4.61. The van der Waals surface area contributed by atoms with E-state index in [9.17, 15) is 5.11 Å². The van der Waals surface area contributed by atoms with Gasteiger partial charge in [-0.25, -0.2) is 0 Å². The van der Waals surface area contributed by atoms with E-state index in [2.05, 4.69) is 15.9 Å². The standard InChI is InChI=1S/C21H27ClN2O3/c1-26-21-5-3-2-4-20(21)24-12-10-23(11-13-24)14-19(25)16-27-15-17-6-8-18(22)9-7-17/h2-9,19,25H,10-16H2,1H3/t19-/m0/s1. The van der Waals surface area contributed by atoms with Gasteiger partial charge in [-0.1, -0.05) is 35.9 Å². The predicted octanol–water partition coefficient (Wildman–Crippen LogP) is 3.05. The molecule has 0 bridgehead atoms. The van der Waals surface area contributed by atoms with Gasteiger partial charge in [0.05, 0.1) is 32.1 Å². The smallest absolute Gasteiger partial charge is 0.142 e. The number of nitrogens with zero attached hydrogens (tertiary/aromatic N) is 2. The van der Waals surface area contributed by atoms with Gasteiger partial charge >= 0.3 is 0 Å². The molecule has 1 N–H and O–H groups in total. The highest BCUT2D eigenvalue weighted by Gasteiger charge is 2.21. The topological polar surface area (TPSA) is 45.2 Å². The Morgan fingerprint density at radius 1 is 1.04 bits per heavy atom. The van der Waals surface area contributed by atoms with E-state index in [4.69, 9.17) is 21.1 Å². The number of ether oxygens (including phenoxy) is 2. The monoisotopic (exact) mass is 390 g/mol. The molecular weight excluding hydrogens is 364 g/mol. The SMILES string of the molecule is COc1ccccc1N1CCN(C[C@H](O)COCc2ccc(Cl)cc2)CC1. The van der Waals surface area contributed by atoms with Crippen molar-refractivity contribution in [3.63, 3.8) is 0 Å². The lowest BCUT2D eigenvalue weighted by atomic mass is 10.2. The third-order valence-electron chi connectivity index (χ3n) is 4.76. The van der Waals surface area contributed by atoms with Crippen LogP contribution < -0.4 is 9.64 Å². The van der Waals surface area contributed by atoms with Gasteiger partial charge in [0, 0.05) is 37.7 Å². The van der Waals surface area contributed by atoms with Crippen LogP contribution in [0.5, 0.6) is 5.75 Å². The van der Waals surface area contributed by atoms with E-state index in [1.807, 2.05) is 42.5 Å². The van der Waals surface area contributed by atoms with Gasteiger partial charge in [-0.15, -0.1) is 0 Å². The summed E-state index contributed by atoms with van der Waals surface area (Å²) in [5.41, 5.74) is 2.18. The number of anilines is 1. The highest BCUT2D eigenvalue weighted by atomic mass is 35.5. The maximum Gasteiger partial charge on any atom is 0.142 e. The number of piperazine rings is 1. The minimum atomic E-state index is -0.491. The number of aliphatic hydroxyl groups excluding tert-OH is 1. The normalized spacial score (nSPS) is 16.3. The quantitative estimate of drug-likeness (QED) is 0.750. The Morgan fingerprint density at radius 3 is 2.44 bits per heavy atom. The van der Waals surface area contributed by atoms with Crippen molar-refractivity contribution in [1.29, 1.82) is 0 Å². The Bertz CT molecular complexity index is 703. The molecule has 1 aliphatic rings. The van der Waals surface area contributed by atoms with E-state index >= 15 is 0 Å². The minimum Gasteiger partial charge on any atom is -0.495 e. The van der Waals surface area contributed by atoms with Gasteiger partial charge in [0.25, 0.3) is 0 Å². The largest absolute Gasteiger partial charge is 0.495 e. The van der Waals surface area contributed by atoms with Crippen molar-refractivity contribution in [3.05, 3.63) is 59.1 Å². The predicted molar refractivity (Wildman–Crippen MR) is 109 cm³/mol. The fraction of sp³-hybridized carbons (Fsp3) is 0.429. The second-order valence-electron chi connectivity index (χ2n) is 6.75. The van der Waals surface area contributed by atoms with Crippen molar-refractivity contribution in [3.8, 4) is 5.75 Å². The molecule has 1 heterocycles. The van der Waals surface area contributed by atoms with Crippen molar-refractivity contribution in [1.82, 2.24) is 4.90 Å². The average molecular weight is 391 g/mol. The number of methoxy groups -OCH3 is 1. The molecule has 6 heteroatoms. The average Bonchev–Trinajstić information content (AvgIpc) is 2.70. The highest BCUT2D eigenvalue weighted by molar-refractivity contribution is 6.30. The van der Waals surface area contributed by atoms with Gasteiger partial charge < -0.3 is 19.5 Å². The van der Waals surface area contributed by atoms with Gasteiger partial charge in [-0.3, -0.25) is 4.90 Å². The molecule has 146 valence electrons. The lowest BCUT2D eigenvalue weighted by molar-refractivity contribution is 0.00913. The molecule has 2 aromatic carbocycles. The van der Waals surface area contributed by atoms with E-state index in [0.717, 1.165) is 43.2 Å². The van der Waals surface area contributed by atoms with Crippen LogP contribution >= 0.6 is 11.6 Å². The maximum absolute atomic E-state index is 10.3. The van der Waals surface area contributed by atoms with E-state index in [1.165, 1.54) is 0 Å². The number of halogens is 1. The zero-order valence-corrected chi connectivity index (χ0v) is 16.4. The van der Waals surface area contributed by atoms with Crippen LogP contribution in [-0.2, 0) is 11.3 Å². The Hall–Kier alpha value is -1.79. The minimum absolute atomic E-state index is 0.329. The first kappa shape index (κ1) is 20.0. The molecule has 5 nitrogen and oxygen atoms in total. The number of aliphatic hydroxyl groups is 1. The van der Waals surface area contributed by atoms with Gasteiger partial charge in [-0.05, 0) is 29.8 Å². The van der Waals surface area contributed by atoms with E-state index < -0.39 is 6.10 Å². The van der Waals surface area contributed by atoms with Gasteiger partial charge in [-0.2, -0.15) is 0 Å². The lowest BCUT2D eigenvalue weighted by Crippen LogP contribution is -2.49. The molecule has 0 unspecified atom stereocenters. The molecule has 0 aliphatic carbocycles. The number of benzene rings is 2. The Labute approximate surface area is 166 Å². The summed E-state index contributed by atoms with van der Waals surface area (Å²) in [6, 6.07) is 15.7. The van der Waals surface area contributed by atoms with Crippen molar-refractivity contribution in [2.45, 2.75) is 12.7 Å². The number of hydrogen-bond donors (Lipinski definition) is 1. The molecule has 0 radical (unpaired) electrons. The molecule has 1 fully saturated rings. The van der Waals surface area contributed by atoms with E-state index in [0.29, 0.717) is 24.8 Å². The Morgan fingerprint density at radius 2 is 1.74 bits per heavy atom. The van der Waals surface area contributed by atoms with Gasteiger partial charge in [0.15, 0.2) is 0 Å². The molecule has 27 heavy (non-hydrogen) atoms. The summed E-state index contributed by atoms with van der Waals surface area (Å²) in [6.45, 7) is 5.08. The van der Waals surface area contributed by atoms with Crippen molar-refractivity contribution >= 4 is 17.3 Å². The third-order valence-corrected chi connectivity index (χ3v) is 5.01. The van der Waals surface area contributed by atoms with Crippen molar-refractivity contribution in [2.75, 3.05) is 51.3 Å². The van der Waals surface area contributed by atoms with Crippen LogP contribution in [0, 0.1) is 0 Å². The molecule has 1 aliphatic heterocycles. The first-order valence-corrected chi connectivity index (χ1v) is 9.64. The Balaban J connectivity index is 1.39. The van der Waals surface area contributed by atoms with E-state index in [1.54, 1.807) is 7.11 Å². The second kappa shape index (κ2) is 9.95. The summed E-state index contributed by atoms with van der Waals surface area (Å²) in [7, 11) is 1.70. The van der Waals surface area contributed by atoms with Crippen molar-refractivity contribution in [2.24, 2.45) is 0 Å². The highest BCUT2D eigenvalue weighted by Crippen LogP contribution is 2.28. The molecule has 3 rings (SSSR count). The summed E-state index contributed by atoms with van der Waals surface area (Å²) in [5.74, 6) is 0.904. The molecule has 0 saturated carbocycles. The van der Waals surface area contributed by atoms with Crippen LogP contribution in [0.2, 0.25) is 5.02 Å². The fourth-order valence-corrected chi connectivity index (χ4v) is 3.43. The van der Waals surface area contributed by atoms with Gasteiger partial charge in [0.2, 0.25) is 0 Å². The summed E-state index contributed by atoms with van der Waals surface area (Å²) >= 11 is 5.87. The molecule has 0 spiro atoms. The molecule has 2 aromatic rings. The first-order chi connectivity index (χ1) is 13.2. The van der Waals surface area contributed by atoms with Crippen LogP contribution in [0.15, 0.2) is 48.5 Å². The van der Waals surface area contributed by atoms with Crippen LogP contribution in [0.25, 0.3) is 0 Å². The maximum atomic E-state index is 10.3. The zero-order chi connectivity index (χ0) is 19.1. The Kier molecular flexibility index (Phi) is 7.35. The summed E-state index contributed by atoms with van der Waals surface area (Å²) in [5, 5.41) is 11.0. The van der Waals surface area contributed by atoms with E-state index in [-0.39, 0.29) is 0 Å². The van der Waals surface area contributed by atoms with Crippen LogP contribution in [0.1, 0.15) is 5.56 Å². The number of β-amino-alcohol motifs (C(OH)–C–C–N with tert-alkyl or cyclic N) is 1. The molecular formula is C21H27ClN2O3. The van der Waals surface area contributed by atoms with Crippen LogP contribution in [0.3, 0.4) is 0 Å². The summed E-state index contributed by atoms with van der Waals surface area (Å²) < 4.78 is 11.1. The molecule has 0 aromatic heterocycles. The van der Waals surface area contributed by atoms with Crippen molar-refractivity contribution < 1.29 is 14.6 Å². The van der Waals surface area contributed by atoms with Crippen LogP contribution in [0.4, 0.5) is 5.69 Å². The van der Waals surface area contributed by atoms with Gasteiger partial charge in [0.1, 0.15) is 5.75 Å². The second-order valence-corrected chi connectivity index (χ2v) is 7.19. The number of para-hydroxylation sites is 2. The summed E-state index contributed by atoms with van der Waals surface area (Å²) in [6.07, 6.45) is -0.491. The zero-order valence-electron chi connectivity index (χ0n) is 15.7. The molecule has 0 amide bonds. The number of rotatable bonds is 8.